The Labute approximate surface area is 145 Å². The Morgan fingerprint density at radius 3 is 2.58 bits per heavy atom. The summed E-state index contributed by atoms with van der Waals surface area (Å²) in [5.41, 5.74) is 3.28. The summed E-state index contributed by atoms with van der Waals surface area (Å²) in [5.74, 6) is 1.19. The summed E-state index contributed by atoms with van der Waals surface area (Å²) in [6.07, 6.45) is 2.32. The molecule has 4 nitrogen and oxygen atoms in total. The maximum atomic E-state index is 11.9. The van der Waals surface area contributed by atoms with Crippen molar-refractivity contribution in [3.05, 3.63) is 34.2 Å². The Bertz CT molecular complexity index is 792. The highest BCUT2D eigenvalue weighted by atomic mass is 28.4. The molecule has 1 aliphatic rings. The number of hydrogen-bond donors (Lipinski definition) is 1. The Hall–Kier alpha value is -1.33. The van der Waals surface area contributed by atoms with Crippen molar-refractivity contribution in [2.24, 2.45) is 13.0 Å². The summed E-state index contributed by atoms with van der Waals surface area (Å²) in [6, 6.07) is 6.20. The molecule has 5 heteroatoms. The summed E-state index contributed by atoms with van der Waals surface area (Å²) in [7, 11) is 0.197. The van der Waals surface area contributed by atoms with Gasteiger partial charge in [-0.1, -0.05) is 32.9 Å². The largest absolute Gasteiger partial charge is 0.417 e. The second-order valence-electron chi connectivity index (χ2n) is 8.84. The van der Waals surface area contributed by atoms with E-state index in [2.05, 4.69) is 44.9 Å². The SMILES string of the molecule is Cn1c(=O)[nH]c2cccc([C@H]3C[C@@H](CO[Si](C)(C)C(C)(C)C)C3)c21. The Morgan fingerprint density at radius 2 is 1.96 bits per heavy atom. The first kappa shape index (κ1) is 17.5. The van der Waals surface area contributed by atoms with Gasteiger partial charge in [0.15, 0.2) is 8.32 Å². The minimum atomic E-state index is -1.65. The summed E-state index contributed by atoms with van der Waals surface area (Å²) < 4.78 is 8.12. The second kappa shape index (κ2) is 5.88. The standard InChI is InChI=1S/C19H30N2O2Si/c1-19(2,3)24(5,6)23-12-13-10-14(11-13)15-8-7-9-16-17(15)21(4)18(22)20-16/h7-9,13-14H,10-12H2,1-6H3,(H,20,22)/t13-,14+. The van der Waals surface area contributed by atoms with Crippen molar-refractivity contribution in [3.8, 4) is 0 Å². The normalized spacial score (nSPS) is 21.9. The summed E-state index contributed by atoms with van der Waals surface area (Å²) >= 11 is 0. The van der Waals surface area contributed by atoms with Crippen LogP contribution in [0.1, 0.15) is 45.1 Å². The molecule has 0 saturated heterocycles. The van der Waals surface area contributed by atoms with Crippen LogP contribution < -0.4 is 5.69 Å². The molecular weight excluding hydrogens is 316 g/mol. The topological polar surface area (TPSA) is 47.0 Å². The van der Waals surface area contributed by atoms with Gasteiger partial charge in [-0.25, -0.2) is 4.79 Å². The summed E-state index contributed by atoms with van der Waals surface area (Å²) in [5, 5.41) is 0.269. The van der Waals surface area contributed by atoms with E-state index in [1.807, 2.05) is 19.2 Å². The lowest BCUT2D eigenvalue weighted by Crippen LogP contribution is -2.43. The second-order valence-corrected chi connectivity index (χ2v) is 13.6. The molecule has 0 atom stereocenters. The lowest BCUT2D eigenvalue weighted by molar-refractivity contribution is 0.147. The molecule has 0 aliphatic heterocycles. The number of nitrogens with one attached hydrogen (secondary N) is 1. The first-order chi connectivity index (χ1) is 11.1. The average Bonchev–Trinajstić information content (AvgIpc) is 2.72. The van der Waals surface area contributed by atoms with Gasteiger partial charge in [-0.2, -0.15) is 0 Å². The van der Waals surface area contributed by atoms with Gasteiger partial charge < -0.3 is 9.41 Å². The maximum absolute atomic E-state index is 11.9. The zero-order chi connectivity index (χ0) is 17.7. The number of aromatic amines is 1. The molecule has 0 unspecified atom stereocenters. The van der Waals surface area contributed by atoms with Crippen LogP contribution in [0, 0.1) is 5.92 Å². The molecule has 24 heavy (non-hydrogen) atoms. The van der Waals surface area contributed by atoms with Crippen LogP contribution in [0.25, 0.3) is 11.0 Å². The minimum Gasteiger partial charge on any atom is -0.417 e. The van der Waals surface area contributed by atoms with Crippen molar-refractivity contribution in [1.82, 2.24) is 9.55 Å². The minimum absolute atomic E-state index is 0.0328. The fourth-order valence-electron chi connectivity index (χ4n) is 3.34. The van der Waals surface area contributed by atoms with E-state index in [0.717, 1.165) is 30.5 Å². The number of benzene rings is 1. The molecule has 1 saturated carbocycles. The number of rotatable bonds is 4. The van der Waals surface area contributed by atoms with Crippen LogP contribution in [0.15, 0.2) is 23.0 Å². The van der Waals surface area contributed by atoms with Gasteiger partial charge in [0.2, 0.25) is 0 Å². The van der Waals surface area contributed by atoms with Crippen molar-refractivity contribution >= 4 is 19.4 Å². The van der Waals surface area contributed by atoms with Crippen LogP contribution in [-0.2, 0) is 11.5 Å². The van der Waals surface area contributed by atoms with E-state index >= 15 is 0 Å². The van der Waals surface area contributed by atoms with Crippen molar-refractivity contribution in [1.29, 1.82) is 0 Å². The Kier molecular flexibility index (Phi) is 4.29. The van der Waals surface area contributed by atoms with Crippen LogP contribution in [0.2, 0.25) is 18.1 Å². The van der Waals surface area contributed by atoms with Gasteiger partial charge in [0, 0.05) is 13.7 Å². The van der Waals surface area contributed by atoms with Gasteiger partial charge in [0.1, 0.15) is 0 Å². The predicted molar refractivity (Wildman–Crippen MR) is 102 cm³/mol. The summed E-state index contributed by atoms with van der Waals surface area (Å²) in [4.78, 5) is 14.8. The maximum Gasteiger partial charge on any atom is 0.326 e. The van der Waals surface area contributed by atoms with E-state index in [9.17, 15) is 4.79 Å². The fraction of sp³-hybridized carbons (Fsp3) is 0.632. The van der Waals surface area contributed by atoms with E-state index < -0.39 is 8.32 Å². The third kappa shape index (κ3) is 2.99. The number of aromatic nitrogens is 2. The number of fused-ring (bicyclic) bond motifs is 1. The third-order valence-corrected chi connectivity index (χ3v) is 10.6. The van der Waals surface area contributed by atoms with Gasteiger partial charge in [-0.05, 0) is 54.4 Å². The van der Waals surface area contributed by atoms with Crippen LogP contribution >= 0.6 is 0 Å². The van der Waals surface area contributed by atoms with Crippen molar-refractivity contribution < 1.29 is 4.43 Å². The van der Waals surface area contributed by atoms with Crippen LogP contribution in [-0.4, -0.2) is 24.5 Å². The van der Waals surface area contributed by atoms with Gasteiger partial charge in [-0.3, -0.25) is 4.57 Å². The van der Waals surface area contributed by atoms with Crippen molar-refractivity contribution in [3.63, 3.8) is 0 Å². The fourth-order valence-corrected chi connectivity index (χ4v) is 4.42. The van der Waals surface area contributed by atoms with E-state index in [1.54, 1.807) is 4.57 Å². The van der Waals surface area contributed by atoms with Gasteiger partial charge in [-0.15, -0.1) is 0 Å². The molecule has 1 heterocycles. The molecule has 1 N–H and O–H groups in total. The number of H-pyrrole nitrogens is 1. The van der Waals surface area contributed by atoms with Gasteiger partial charge in [0.05, 0.1) is 11.0 Å². The van der Waals surface area contributed by atoms with Crippen molar-refractivity contribution in [2.45, 2.75) is 57.7 Å². The highest BCUT2D eigenvalue weighted by molar-refractivity contribution is 6.74. The zero-order valence-electron chi connectivity index (χ0n) is 15.8. The number of hydrogen-bond acceptors (Lipinski definition) is 2. The molecule has 0 spiro atoms. The van der Waals surface area contributed by atoms with Crippen LogP contribution in [0.4, 0.5) is 0 Å². The van der Waals surface area contributed by atoms with Gasteiger partial charge >= 0.3 is 5.69 Å². The third-order valence-electron chi connectivity index (χ3n) is 6.11. The number of aryl methyl sites for hydroxylation is 1. The van der Waals surface area contributed by atoms with Crippen molar-refractivity contribution in [2.75, 3.05) is 6.61 Å². The first-order valence-corrected chi connectivity index (χ1v) is 11.8. The molecule has 132 valence electrons. The molecule has 0 bridgehead atoms. The highest BCUT2D eigenvalue weighted by Gasteiger charge is 2.39. The molecule has 0 amide bonds. The molecule has 1 aromatic carbocycles. The number of imidazole rings is 1. The number of para-hydroxylation sites is 1. The molecule has 1 aliphatic carbocycles. The monoisotopic (exact) mass is 346 g/mol. The van der Waals surface area contributed by atoms with Crippen LogP contribution in [0.3, 0.4) is 0 Å². The Balaban J connectivity index is 1.67. The quantitative estimate of drug-likeness (QED) is 0.835. The van der Waals surface area contributed by atoms with Gasteiger partial charge in [0.25, 0.3) is 0 Å². The zero-order valence-corrected chi connectivity index (χ0v) is 16.8. The highest BCUT2D eigenvalue weighted by Crippen LogP contribution is 2.45. The van der Waals surface area contributed by atoms with E-state index in [1.165, 1.54) is 5.56 Å². The molecule has 1 aromatic heterocycles. The Morgan fingerprint density at radius 1 is 1.29 bits per heavy atom. The smallest absolute Gasteiger partial charge is 0.326 e. The molecular formula is C19H30N2O2Si. The predicted octanol–water partition coefficient (Wildman–Crippen LogP) is 4.38. The van der Waals surface area contributed by atoms with E-state index in [0.29, 0.717) is 11.8 Å². The van der Waals surface area contributed by atoms with E-state index in [4.69, 9.17) is 4.43 Å². The van der Waals surface area contributed by atoms with E-state index in [-0.39, 0.29) is 10.7 Å². The molecule has 0 radical (unpaired) electrons. The van der Waals surface area contributed by atoms with Crippen LogP contribution in [0.5, 0.6) is 0 Å². The average molecular weight is 347 g/mol. The lowest BCUT2D eigenvalue weighted by Gasteiger charge is -2.41. The first-order valence-electron chi connectivity index (χ1n) is 8.92. The summed E-state index contributed by atoms with van der Waals surface area (Å²) in [6.45, 7) is 12.4. The molecule has 3 rings (SSSR count). The molecule has 2 aromatic rings. The lowest BCUT2D eigenvalue weighted by atomic mass is 9.71. The number of nitrogens with zero attached hydrogens (tertiary/aromatic N) is 1. The molecule has 1 fully saturated rings.